The van der Waals surface area contributed by atoms with Crippen LogP contribution in [-0.4, -0.2) is 42.0 Å². The molecule has 0 aromatic heterocycles. The fourth-order valence-corrected chi connectivity index (χ4v) is 1.04. The SMILES string of the molecule is CC(C)=CCOC[C@@H](NC(=O)OC(C)(C)C)C(=O)O. The number of hydrogen-bond acceptors (Lipinski definition) is 4. The van der Waals surface area contributed by atoms with Crippen LogP contribution in [0.4, 0.5) is 4.79 Å². The van der Waals surface area contributed by atoms with Crippen LogP contribution >= 0.6 is 0 Å². The predicted octanol–water partition coefficient (Wildman–Crippen LogP) is 1.95. The molecule has 0 fully saturated rings. The molecule has 2 N–H and O–H groups in total. The number of nitrogens with one attached hydrogen (secondary N) is 1. The molecule has 0 heterocycles. The van der Waals surface area contributed by atoms with Crippen molar-refractivity contribution in [3.05, 3.63) is 11.6 Å². The van der Waals surface area contributed by atoms with E-state index in [-0.39, 0.29) is 6.61 Å². The number of rotatable bonds is 6. The molecule has 1 atom stereocenters. The Morgan fingerprint density at radius 3 is 2.32 bits per heavy atom. The number of alkyl carbamates (subject to hydrolysis) is 1. The molecular formula is C13H23NO5. The van der Waals surface area contributed by atoms with Gasteiger partial charge < -0.3 is 19.9 Å². The van der Waals surface area contributed by atoms with Crippen molar-refractivity contribution < 1.29 is 24.2 Å². The third-order valence-electron chi connectivity index (χ3n) is 1.88. The van der Waals surface area contributed by atoms with E-state index in [2.05, 4.69) is 5.32 Å². The molecule has 0 unspecified atom stereocenters. The summed E-state index contributed by atoms with van der Waals surface area (Å²) in [6.45, 7) is 9.13. The zero-order valence-electron chi connectivity index (χ0n) is 12.1. The van der Waals surface area contributed by atoms with Crippen molar-refractivity contribution in [1.29, 1.82) is 0 Å². The Morgan fingerprint density at radius 2 is 1.89 bits per heavy atom. The van der Waals surface area contributed by atoms with Crippen LogP contribution in [0.2, 0.25) is 0 Å². The number of carbonyl (C=O) groups excluding carboxylic acids is 1. The molecule has 110 valence electrons. The molecule has 1 amide bonds. The average molecular weight is 273 g/mol. The molecule has 0 aliphatic rings. The lowest BCUT2D eigenvalue weighted by Gasteiger charge is -2.21. The Balaban J connectivity index is 4.23. The van der Waals surface area contributed by atoms with Crippen molar-refractivity contribution in [2.45, 2.75) is 46.3 Å². The van der Waals surface area contributed by atoms with Crippen LogP contribution in [0.3, 0.4) is 0 Å². The molecule has 0 saturated carbocycles. The van der Waals surface area contributed by atoms with E-state index in [0.717, 1.165) is 5.57 Å². The normalized spacial score (nSPS) is 12.5. The maximum atomic E-state index is 11.5. The highest BCUT2D eigenvalue weighted by Crippen LogP contribution is 2.06. The maximum Gasteiger partial charge on any atom is 0.408 e. The fraction of sp³-hybridized carbons (Fsp3) is 0.692. The van der Waals surface area contributed by atoms with E-state index in [1.165, 1.54) is 0 Å². The van der Waals surface area contributed by atoms with Crippen LogP contribution in [0.15, 0.2) is 11.6 Å². The summed E-state index contributed by atoms with van der Waals surface area (Å²) in [5, 5.41) is 11.2. The van der Waals surface area contributed by atoms with Gasteiger partial charge in [-0.25, -0.2) is 9.59 Å². The maximum absolute atomic E-state index is 11.5. The molecule has 0 aliphatic heterocycles. The van der Waals surface area contributed by atoms with Crippen LogP contribution in [0.25, 0.3) is 0 Å². The molecule has 19 heavy (non-hydrogen) atoms. The van der Waals surface area contributed by atoms with Gasteiger partial charge in [-0.1, -0.05) is 11.6 Å². The summed E-state index contributed by atoms with van der Waals surface area (Å²) < 4.78 is 10.2. The summed E-state index contributed by atoms with van der Waals surface area (Å²) in [7, 11) is 0. The summed E-state index contributed by atoms with van der Waals surface area (Å²) in [5.74, 6) is -1.16. The van der Waals surface area contributed by atoms with E-state index in [4.69, 9.17) is 14.6 Å². The highest BCUT2D eigenvalue weighted by molar-refractivity contribution is 5.80. The van der Waals surface area contributed by atoms with E-state index in [1.807, 2.05) is 19.9 Å². The van der Waals surface area contributed by atoms with E-state index in [9.17, 15) is 9.59 Å². The minimum absolute atomic E-state index is 0.113. The molecule has 0 aromatic rings. The van der Waals surface area contributed by atoms with Crippen LogP contribution in [-0.2, 0) is 14.3 Å². The smallest absolute Gasteiger partial charge is 0.408 e. The Morgan fingerprint density at radius 1 is 1.32 bits per heavy atom. The monoisotopic (exact) mass is 273 g/mol. The third-order valence-corrected chi connectivity index (χ3v) is 1.88. The summed E-state index contributed by atoms with van der Waals surface area (Å²) >= 11 is 0. The number of allylic oxidation sites excluding steroid dienone is 1. The van der Waals surface area contributed by atoms with Crippen LogP contribution < -0.4 is 5.32 Å². The van der Waals surface area contributed by atoms with Crippen molar-refractivity contribution in [1.82, 2.24) is 5.32 Å². The Bertz CT molecular complexity index is 339. The second-order valence-electron chi connectivity index (χ2n) is 5.36. The van der Waals surface area contributed by atoms with Gasteiger partial charge in [0.25, 0.3) is 0 Å². The van der Waals surface area contributed by atoms with Gasteiger partial charge in [-0.05, 0) is 34.6 Å². The number of carboxylic acids is 1. The molecule has 0 aromatic carbocycles. The van der Waals surface area contributed by atoms with Crippen LogP contribution in [0, 0.1) is 0 Å². The number of amides is 1. The minimum Gasteiger partial charge on any atom is -0.480 e. The molecule has 0 saturated heterocycles. The predicted molar refractivity (Wildman–Crippen MR) is 71.0 cm³/mol. The first-order valence-electron chi connectivity index (χ1n) is 6.05. The Labute approximate surface area is 113 Å². The molecule has 0 aliphatic carbocycles. The number of carboxylic acid groups (broad SMARTS) is 1. The van der Waals surface area contributed by atoms with Crippen molar-refractivity contribution in [2.75, 3.05) is 13.2 Å². The Kier molecular flexibility index (Phi) is 7.14. The molecule has 0 rings (SSSR count). The summed E-state index contributed by atoms with van der Waals surface area (Å²) in [5.41, 5.74) is 0.405. The van der Waals surface area contributed by atoms with Gasteiger partial charge in [-0.2, -0.15) is 0 Å². The topological polar surface area (TPSA) is 84.9 Å². The summed E-state index contributed by atoms with van der Waals surface area (Å²) in [6.07, 6.45) is 1.05. The van der Waals surface area contributed by atoms with Crippen LogP contribution in [0.5, 0.6) is 0 Å². The first-order chi connectivity index (χ1) is 8.61. The lowest BCUT2D eigenvalue weighted by molar-refractivity contribution is -0.141. The zero-order chi connectivity index (χ0) is 15.1. The summed E-state index contributed by atoms with van der Waals surface area (Å²) in [6, 6.07) is -1.12. The molecule has 6 heteroatoms. The van der Waals surface area contributed by atoms with Gasteiger partial charge in [0.05, 0.1) is 13.2 Å². The van der Waals surface area contributed by atoms with Gasteiger partial charge >= 0.3 is 12.1 Å². The van der Waals surface area contributed by atoms with Gasteiger partial charge in [0.2, 0.25) is 0 Å². The highest BCUT2D eigenvalue weighted by atomic mass is 16.6. The lowest BCUT2D eigenvalue weighted by Crippen LogP contribution is -2.46. The van der Waals surface area contributed by atoms with Gasteiger partial charge in [0.1, 0.15) is 5.60 Å². The van der Waals surface area contributed by atoms with E-state index < -0.39 is 23.7 Å². The van der Waals surface area contributed by atoms with Gasteiger partial charge in [-0.3, -0.25) is 0 Å². The highest BCUT2D eigenvalue weighted by Gasteiger charge is 2.23. The van der Waals surface area contributed by atoms with E-state index >= 15 is 0 Å². The first kappa shape index (κ1) is 17.4. The van der Waals surface area contributed by atoms with Crippen molar-refractivity contribution >= 4 is 12.1 Å². The molecule has 6 nitrogen and oxygen atoms in total. The average Bonchev–Trinajstić information content (AvgIpc) is 2.19. The van der Waals surface area contributed by atoms with Gasteiger partial charge in [-0.15, -0.1) is 0 Å². The fourth-order valence-electron chi connectivity index (χ4n) is 1.04. The second-order valence-corrected chi connectivity index (χ2v) is 5.36. The molecule has 0 bridgehead atoms. The zero-order valence-corrected chi connectivity index (χ0v) is 12.1. The standard InChI is InChI=1S/C13H23NO5/c1-9(2)6-7-18-8-10(11(15)16)14-12(17)19-13(3,4)5/h6,10H,7-8H2,1-5H3,(H,14,17)(H,15,16)/t10-/m1/s1. The van der Waals surface area contributed by atoms with Gasteiger partial charge in [0.15, 0.2) is 6.04 Å². The lowest BCUT2D eigenvalue weighted by atomic mass is 10.2. The number of ether oxygens (including phenoxy) is 2. The second kappa shape index (κ2) is 7.78. The summed E-state index contributed by atoms with van der Waals surface area (Å²) in [4.78, 5) is 22.4. The van der Waals surface area contributed by atoms with E-state index in [1.54, 1.807) is 20.8 Å². The Hall–Kier alpha value is -1.56. The first-order valence-corrected chi connectivity index (χ1v) is 6.05. The number of aliphatic carboxylic acids is 1. The van der Waals surface area contributed by atoms with Crippen molar-refractivity contribution in [3.63, 3.8) is 0 Å². The largest absolute Gasteiger partial charge is 0.480 e. The number of hydrogen-bond donors (Lipinski definition) is 2. The van der Waals surface area contributed by atoms with Crippen molar-refractivity contribution in [2.24, 2.45) is 0 Å². The number of carbonyl (C=O) groups is 2. The molecular weight excluding hydrogens is 250 g/mol. The van der Waals surface area contributed by atoms with E-state index in [0.29, 0.717) is 6.61 Å². The minimum atomic E-state index is -1.16. The quantitative estimate of drug-likeness (QED) is 0.570. The van der Waals surface area contributed by atoms with Crippen LogP contribution in [0.1, 0.15) is 34.6 Å². The molecule has 0 radical (unpaired) electrons. The molecule has 0 spiro atoms. The van der Waals surface area contributed by atoms with Crippen molar-refractivity contribution in [3.8, 4) is 0 Å². The van der Waals surface area contributed by atoms with Gasteiger partial charge in [0, 0.05) is 0 Å². The third kappa shape index (κ3) is 10.1.